The Balaban J connectivity index is 0. The highest BCUT2D eigenvalue weighted by atomic mass is 79.9. The van der Waals surface area contributed by atoms with Gasteiger partial charge in [0.15, 0.2) is 0 Å². The quantitative estimate of drug-likeness (QED) is 0.669. The van der Waals surface area contributed by atoms with Crippen LogP contribution < -0.4 is 0 Å². The lowest BCUT2D eigenvalue weighted by Gasteiger charge is -2.21. The van der Waals surface area contributed by atoms with Gasteiger partial charge in [-0.15, -0.1) is 17.0 Å². The monoisotopic (exact) mass is 195 g/mol. The van der Waals surface area contributed by atoms with Crippen LogP contribution in [-0.2, 0) is 0 Å². The van der Waals surface area contributed by atoms with E-state index in [1.807, 2.05) is 0 Å². The van der Waals surface area contributed by atoms with Crippen molar-refractivity contribution in [3.05, 3.63) is 0 Å². The van der Waals surface area contributed by atoms with Crippen LogP contribution in [0.4, 0.5) is 0 Å². The zero-order valence-corrected chi connectivity index (χ0v) is 8.56. The summed E-state index contributed by atoms with van der Waals surface area (Å²) in [5, 5.41) is 0. The van der Waals surface area contributed by atoms with E-state index in [0.29, 0.717) is 6.04 Å². The van der Waals surface area contributed by atoms with Gasteiger partial charge >= 0.3 is 0 Å². The minimum Gasteiger partial charge on any atom is -0.301 e. The summed E-state index contributed by atoms with van der Waals surface area (Å²) < 4.78 is 0. The van der Waals surface area contributed by atoms with Crippen LogP contribution in [0.5, 0.6) is 0 Å². The molecule has 0 aromatic rings. The van der Waals surface area contributed by atoms with E-state index in [9.17, 15) is 0 Å². The molecule has 1 nitrogen and oxygen atoms in total. The number of rotatable bonds is 3. The molecule has 0 rings (SSSR count). The molecule has 9 heavy (non-hydrogen) atoms. The first-order valence-electron chi connectivity index (χ1n) is 3.46. The Morgan fingerprint density at radius 2 is 1.44 bits per heavy atom. The van der Waals surface area contributed by atoms with E-state index in [2.05, 4.69) is 32.6 Å². The third kappa shape index (κ3) is 4.91. The predicted molar refractivity (Wildman–Crippen MR) is 48.4 cm³/mol. The van der Waals surface area contributed by atoms with E-state index in [0.717, 1.165) is 0 Å². The van der Waals surface area contributed by atoms with Crippen molar-refractivity contribution in [2.24, 2.45) is 0 Å². The van der Waals surface area contributed by atoms with Crippen LogP contribution in [0, 0.1) is 0 Å². The smallest absolute Gasteiger partial charge is 0.00383 e. The van der Waals surface area contributed by atoms with Crippen LogP contribution in [0.3, 0.4) is 0 Å². The normalized spacial score (nSPS) is 10.0. The first kappa shape index (κ1) is 12.1. The van der Waals surface area contributed by atoms with Gasteiger partial charge in [0, 0.05) is 6.04 Å². The van der Waals surface area contributed by atoms with E-state index in [1.165, 1.54) is 13.1 Å². The van der Waals surface area contributed by atoms with Gasteiger partial charge in [-0.3, -0.25) is 0 Å². The molecule has 0 saturated heterocycles. The molecule has 0 amide bonds. The molecule has 0 radical (unpaired) electrons. The molecule has 0 aliphatic rings. The fourth-order valence-corrected chi connectivity index (χ4v) is 0.954. The molecule has 0 aromatic heterocycles. The van der Waals surface area contributed by atoms with E-state index in [-0.39, 0.29) is 17.0 Å². The Kier molecular flexibility index (Phi) is 8.85. The average Bonchev–Trinajstić information content (AvgIpc) is 1.69. The first-order valence-corrected chi connectivity index (χ1v) is 3.46. The highest BCUT2D eigenvalue weighted by Gasteiger charge is 2.00. The number of halogens is 1. The summed E-state index contributed by atoms with van der Waals surface area (Å²) in [4.78, 5) is 2.42. The van der Waals surface area contributed by atoms with E-state index in [1.54, 1.807) is 0 Å². The summed E-state index contributed by atoms with van der Waals surface area (Å²) in [5.41, 5.74) is 0. The molecular formula is C7H18BrN. The van der Waals surface area contributed by atoms with Crippen molar-refractivity contribution < 1.29 is 0 Å². The Morgan fingerprint density at radius 1 is 1.11 bits per heavy atom. The fourth-order valence-electron chi connectivity index (χ4n) is 0.954. The lowest BCUT2D eigenvalue weighted by atomic mass is 10.3. The van der Waals surface area contributed by atoms with Crippen LogP contribution in [0.1, 0.15) is 27.7 Å². The molecule has 0 fully saturated rings. The van der Waals surface area contributed by atoms with Gasteiger partial charge in [0.05, 0.1) is 0 Å². The zero-order valence-electron chi connectivity index (χ0n) is 6.85. The summed E-state index contributed by atoms with van der Waals surface area (Å²) in [5.74, 6) is 0. The molecule has 0 aromatic carbocycles. The van der Waals surface area contributed by atoms with Crippen LogP contribution in [-0.4, -0.2) is 24.0 Å². The Labute approximate surface area is 69.2 Å². The van der Waals surface area contributed by atoms with E-state index in [4.69, 9.17) is 0 Å². The average molecular weight is 196 g/mol. The first-order chi connectivity index (χ1) is 3.72. The van der Waals surface area contributed by atoms with Crippen molar-refractivity contribution in [2.75, 3.05) is 13.1 Å². The minimum absolute atomic E-state index is 0. The predicted octanol–water partition coefficient (Wildman–Crippen LogP) is 2.31. The molecule has 0 unspecified atom stereocenters. The summed E-state index contributed by atoms with van der Waals surface area (Å²) >= 11 is 0. The molecule has 2 heteroatoms. The molecule has 0 aliphatic carbocycles. The molecule has 0 spiro atoms. The molecule has 0 bridgehead atoms. The summed E-state index contributed by atoms with van der Waals surface area (Å²) in [6, 6.07) is 0.713. The van der Waals surface area contributed by atoms with Crippen molar-refractivity contribution in [3.8, 4) is 0 Å². The highest BCUT2D eigenvalue weighted by molar-refractivity contribution is 8.93. The van der Waals surface area contributed by atoms with Gasteiger partial charge in [0.2, 0.25) is 0 Å². The largest absolute Gasteiger partial charge is 0.301 e. The van der Waals surface area contributed by atoms with Gasteiger partial charge < -0.3 is 4.90 Å². The second-order valence-corrected chi connectivity index (χ2v) is 2.31. The van der Waals surface area contributed by atoms with Crippen LogP contribution in [0.2, 0.25) is 0 Å². The van der Waals surface area contributed by atoms with Crippen molar-refractivity contribution >= 4 is 17.0 Å². The lowest BCUT2D eigenvalue weighted by Crippen LogP contribution is -2.29. The molecule has 0 atom stereocenters. The van der Waals surface area contributed by atoms with Gasteiger partial charge in [-0.2, -0.15) is 0 Å². The van der Waals surface area contributed by atoms with Gasteiger partial charge in [0.25, 0.3) is 0 Å². The maximum Gasteiger partial charge on any atom is 0.00383 e. The third-order valence-electron chi connectivity index (χ3n) is 1.54. The standard InChI is InChI=1S/C7H17N.BrH/c1-5-8(6-2)7(3)4;/h7H,5-6H2,1-4H3;1H. The molecule has 0 N–H and O–H groups in total. The molecule has 58 valence electrons. The number of nitrogens with zero attached hydrogens (tertiary/aromatic N) is 1. The molecule has 0 saturated carbocycles. The minimum atomic E-state index is 0. The second-order valence-electron chi connectivity index (χ2n) is 2.31. The van der Waals surface area contributed by atoms with Gasteiger partial charge in [-0.25, -0.2) is 0 Å². The molecule has 0 heterocycles. The van der Waals surface area contributed by atoms with Crippen molar-refractivity contribution in [2.45, 2.75) is 33.7 Å². The van der Waals surface area contributed by atoms with Crippen LogP contribution in [0.25, 0.3) is 0 Å². The number of hydrogen-bond donors (Lipinski definition) is 0. The zero-order chi connectivity index (χ0) is 6.57. The van der Waals surface area contributed by atoms with Crippen LogP contribution in [0.15, 0.2) is 0 Å². The number of hydrogen-bond acceptors (Lipinski definition) is 1. The van der Waals surface area contributed by atoms with E-state index >= 15 is 0 Å². The Morgan fingerprint density at radius 3 is 1.44 bits per heavy atom. The maximum atomic E-state index is 2.42. The van der Waals surface area contributed by atoms with Gasteiger partial charge in [-0.05, 0) is 26.9 Å². The Hall–Kier alpha value is 0.440. The fraction of sp³-hybridized carbons (Fsp3) is 1.00. The van der Waals surface area contributed by atoms with Gasteiger partial charge in [-0.1, -0.05) is 13.8 Å². The maximum absolute atomic E-state index is 2.42. The van der Waals surface area contributed by atoms with Gasteiger partial charge in [0.1, 0.15) is 0 Å². The summed E-state index contributed by atoms with van der Waals surface area (Å²) in [6.07, 6.45) is 0. The van der Waals surface area contributed by atoms with Crippen molar-refractivity contribution in [3.63, 3.8) is 0 Å². The summed E-state index contributed by atoms with van der Waals surface area (Å²) in [7, 11) is 0. The lowest BCUT2D eigenvalue weighted by molar-refractivity contribution is 0.246. The Bertz CT molecular complexity index is 50.9. The molecule has 0 aliphatic heterocycles. The highest BCUT2D eigenvalue weighted by Crippen LogP contribution is 1.94. The van der Waals surface area contributed by atoms with E-state index < -0.39 is 0 Å². The van der Waals surface area contributed by atoms with Crippen molar-refractivity contribution in [1.82, 2.24) is 4.90 Å². The third-order valence-corrected chi connectivity index (χ3v) is 1.54. The van der Waals surface area contributed by atoms with Crippen molar-refractivity contribution in [1.29, 1.82) is 0 Å². The second kappa shape index (κ2) is 6.56. The summed E-state index contributed by atoms with van der Waals surface area (Å²) in [6.45, 7) is 11.2. The SMILES string of the molecule is Br.CCN(CC)C(C)C. The molecular weight excluding hydrogens is 178 g/mol. The van der Waals surface area contributed by atoms with Crippen LogP contribution >= 0.6 is 17.0 Å². The topological polar surface area (TPSA) is 3.24 Å².